The molecule has 5 nitrogen and oxygen atoms in total. The first-order valence-electron chi connectivity index (χ1n) is 5.99. The third-order valence-electron chi connectivity index (χ3n) is 2.87. The van der Waals surface area contributed by atoms with Crippen LogP contribution in [0.4, 0.5) is 0 Å². The molecular weight excluding hydrogens is 266 g/mol. The Balaban J connectivity index is 2.81. The zero-order chi connectivity index (χ0) is 14.7. The number of carboxylic acids is 1. The van der Waals surface area contributed by atoms with Gasteiger partial charge in [0.25, 0.3) is 0 Å². The molecule has 6 heteroatoms. The first-order chi connectivity index (χ1) is 8.65. The second kappa shape index (κ2) is 5.71. The summed E-state index contributed by atoms with van der Waals surface area (Å²) in [7, 11) is -3.43. The van der Waals surface area contributed by atoms with Crippen LogP contribution in [0.2, 0.25) is 0 Å². The van der Waals surface area contributed by atoms with E-state index >= 15 is 0 Å². The molecule has 0 amide bonds. The molecule has 2 N–H and O–H groups in total. The molecule has 0 saturated carbocycles. The Morgan fingerprint density at radius 1 is 1.26 bits per heavy atom. The number of carboxylic acid groups (broad SMARTS) is 1. The van der Waals surface area contributed by atoms with Crippen LogP contribution in [0.1, 0.15) is 43.1 Å². The van der Waals surface area contributed by atoms with Crippen molar-refractivity contribution in [3.8, 4) is 0 Å². The number of sulfonamides is 1. The van der Waals surface area contributed by atoms with Gasteiger partial charge in [0.15, 0.2) is 0 Å². The van der Waals surface area contributed by atoms with E-state index in [9.17, 15) is 13.2 Å². The summed E-state index contributed by atoms with van der Waals surface area (Å²) in [5.41, 5.74) is 0.215. The van der Waals surface area contributed by atoms with Gasteiger partial charge in [0.05, 0.1) is 11.3 Å². The summed E-state index contributed by atoms with van der Waals surface area (Å²) >= 11 is 0. The van der Waals surface area contributed by atoms with E-state index in [0.29, 0.717) is 12.0 Å². The monoisotopic (exact) mass is 285 g/mol. The van der Waals surface area contributed by atoms with Crippen LogP contribution >= 0.6 is 0 Å². The summed E-state index contributed by atoms with van der Waals surface area (Å²) < 4.78 is 26.6. The largest absolute Gasteiger partial charge is 0.478 e. The lowest BCUT2D eigenvalue weighted by Crippen LogP contribution is -2.43. The minimum absolute atomic E-state index is 0.142. The van der Waals surface area contributed by atoms with E-state index in [1.54, 1.807) is 0 Å². The van der Waals surface area contributed by atoms with Crippen LogP contribution in [0.25, 0.3) is 0 Å². The molecule has 1 rings (SSSR count). The highest BCUT2D eigenvalue weighted by Gasteiger charge is 2.23. The van der Waals surface area contributed by atoms with Gasteiger partial charge < -0.3 is 5.11 Å². The van der Waals surface area contributed by atoms with Crippen molar-refractivity contribution in [2.24, 2.45) is 0 Å². The fourth-order valence-corrected chi connectivity index (χ4v) is 3.18. The van der Waals surface area contributed by atoms with Gasteiger partial charge in [-0.25, -0.2) is 17.9 Å². The Labute approximate surface area is 113 Å². The van der Waals surface area contributed by atoms with Crippen molar-refractivity contribution in [3.05, 3.63) is 35.4 Å². The Kier molecular flexibility index (Phi) is 4.70. The van der Waals surface area contributed by atoms with Gasteiger partial charge in [0, 0.05) is 5.54 Å². The lowest BCUT2D eigenvalue weighted by Gasteiger charge is -2.24. The normalized spacial score (nSPS) is 12.4. The van der Waals surface area contributed by atoms with Gasteiger partial charge in [-0.15, -0.1) is 0 Å². The third kappa shape index (κ3) is 5.00. The topological polar surface area (TPSA) is 83.5 Å². The molecule has 106 valence electrons. The van der Waals surface area contributed by atoms with Gasteiger partial charge in [0.1, 0.15) is 0 Å². The van der Waals surface area contributed by atoms with Gasteiger partial charge in [0.2, 0.25) is 10.0 Å². The highest BCUT2D eigenvalue weighted by molar-refractivity contribution is 7.88. The van der Waals surface area contributed by atoms with Crippen LogP contribution in [0.15, 0.2) is 24.3 Å². The van der Waals surface area contributed by atoms with Gasteiger partial charge in [-0.3, -0.25) is 0 Å². The molecule has 0 saturated heterocycles. The number of benzene rings is 1. The van der Waals surface area contributed by atoms with Crippen molar-refractivity contribution in [2.45, 2.75) is 38.5 Å². The standard InChI is InChI=1S/C13H19NO4S/c1-4-13(2,3)14-19(17,18)9-10-5-7-11(8-6-10)12(15)16/h5-8,14H,4,9H2,1-3H3,(H,15,16). The van der Waals surface area contributed by atoms with Crippen molar-refractivity contribution in [3.63, 3.8) is 0 Å². The molecule has 0 bridgehead atoms. The van der Waals surface area contributed by atoms with Gasteiger partial charge in [-0.05, 0) is 38.0 Å². The maximum Gasteiger partial charge on any atom is 0.335 e. The predicted molar refractivity (Wildman–Crippen MR) is 73.5 cm³/mol. The maximum absolute atomic E-state index is 12.0. The summed E-state index contributed by atoms with van der Waals surface area (Å²) in [4.78, 5) is 10.7. The summed E-state index contributed by atoms with van der Waals surface area (Å²) in [6, 6.07) is 5.83. The quantitative estimate of drug-likeness (QED) is 0.837. The highest BCUT2D eigenvalue weighted by Crippen LogP contribution is 2.13. The van der Waals surface area contributed by atoms with Gasteiger partial charge in [-0.1, -0.05) is 19.1 Å². The van der Waals surface area contributed by atoms with Crippen molar-refractivity contribution < 1.29 is 18.3 Å². The lowest BCUT2D eigenvalue weighted by atomic mass is 10.0. The zero-order valence-corrected chi connectivity index (χ0v) is 12.1. The summed E-state index contributed by atoms with van der Waals surface area (Å²) in [6.45, 7) is 5.54. The molecule has 0 fully saturated rings. The van der Waals surface area contributed by atoms with Crippen LogP contribution in [0, 0.1) is 0 Å². The molecule has 0 radical (unpaired) electrons. The third-order valence-corrected chi connectivity index (χ3v) is 4.45. The molecule has 0 aliphatic carbocycles. The molecular formula is C13H19NO4S. The van der Waals surface area contributed by atoms with E-state index in [-0.39, 0.29) is 11.3 Å². The van der Waals surface area contributed by atoms with Gasteiger partial charge >= 0.3 is 5.97 Å². The molecule has 1 aromatic carbocycles. The first-order valence-corrected chi connectivity index (χ1v) is 7.64. The number of aromatic carboxylic acids is 1. The van der Waals surface area contributed by atoms with Crippen molar-refractivity contribution >= 4 is 16.0 Å². The van der Waals surface area contributed by atoms with Crippen LogP contribution in [-0.4, -0.2) is 25.0 Å². The number of hydrogen-bond acceptors (Lipinski definition) is 3. The average molecular weight is 285 g/mol. The van der Waals surface area contributed by atoms with Crippen LogP contribution < -0.4 is 4.72 Å². The molecule has 0 atom stereocenters. The van der Waals surface area contributed by atoms with E-state index in [4.69, 9.17) is 5.11 Å². The summed E-state index contributed by atoms with van der Waals surface area (Å²) in [5, 5.41) is 8.76. The molecule has 0 aromatic heterocycles. The SMILES string of the molecule is CCC(C)(C)NS(=O)(=O)Cc1ccc(C(=O)O)cc1. The fourth-order valence-electron chi connectivity index (χ4n) is 1.49. The molecule has 1 aromatic rings. The Morgan fingerprint density at radius 3 is 2.21 bits per heavy atom. The number of rotatable bonds is 6. The van der Waals surface area contributed by atoms with Crippen LogP contribution in [-0.2, 0) is 15.8 Å². The highest BCUT2D eigenvalue weighted by atomic mass is 32.2. The minimum atomic E-state index is -3.43. The first kappa shape index (κ1) is 15.7. The van der Waals surface area contributed by atoms with E-state index in [1.807, 2.05) is 20.8 Å². The van der Waals surface area contributed by atoms with E-state index in [0.717, 1.165) is 0 Å². The molecule has 0 aliphatic heterocycles. The van der Waals surface area contributed by atoms with Crippen molar-refractivity contribution in [1.82, 2.24) is 4.72 Å². The predicted octanol–water partition coefficient (Wildman–Crippen LogP) is 1.99. The van der Waals surface area contributed by atoms with Crippen LogP contribution in [0.3, 0.4) is 0 Å². The maximum atomic E-state index is 12.0. The molecule has 19 heavy (non-hydrogen) atoms. The van der Waals surface area contributed by atoms with E-state index in [2.05, 4.69) is 4.72 Å². The Bertz CT molecular complexity index is 547. The minimum Gasteiger partial charge on any atom is -0.478 e. The second-order valence-corrected chi connectivity index (χ2v) is 6.82. The Morgan fingerprint density at radius 2 is 1.79 bits per heavy atom. The molecule has 0 heterocycles. The lowest BCUT2D eigenvalue weighted by molar-refractivity contribution is 0.0697. The molecule has 0 aliphatic rings. The average Bonchev–Trinajstić information content (AvgIpc) is 2.27. The smallest absolute Gasteiger partial charge is 0.335 e. The number of hydrogen-bond donors (Lipinski definition) is 2. The number of nitrogens with one attached hydrogen (secondary N) is 1. The molecule has 0 unspecified atom stereocenters. The second-order valence-electron chi connectivity index (χ2n) is 5.10. The molecule has 0 spiro atoms. The number of carbonyl (C=O) groups is 1. The fraction of sp³-hybridized carbons (Fsp3) is 0.462. The van der Waals surface area contributed by atoms with E-state index in [1.165, 1.54) is 24.3 Å². The van der Waals surface area contributed by atoms with E-state index < -0.39 is 21.5 Å². The van der Waals surface area contributed by atoms with Crippen molar-refractivity contribution in [2.75, 3.05) is 0 Å². The zero-order valence-electron chi connectivity index (χ0n) is 11.3. The van der Waals surface area contributed by atoms with Gasteiger partial charge in [-0.2, -0.15) is 0 Å². The van der Waals surface area contributed by atoms with Crippen LogP contribution in [0.5, 0.6) is 0 Å². The van der Waals surface area contributed by atoms with Crippen molar-refractivity contribution in [1.29, 1.82) is 0 Å². The summed E-state index contributed by atoms with van der Waals surface area (Å²) in [6.07, 6.45) is 0.685. The summed E-state index contributed by atoms with van der Waals surface area (Å²) in [5.74, 6) is -1.18. The Hall–Kier alpha value is -1.40.